The van der Waals surface area contributed by atoms with Crippen molar-refractivity contribution in [3.05, 3.63) is 84.9 Å². The molecule has 0 aromatic heterocycles. The number of hydrogen-bond acceptors (Lipinski definition) is 2. The van der Waals surface area contributed by atoms with Crippen molar-refractivity contribution < 1.29 is 9.30 Å². The molecule has 0 radical (unpaired) electrons. The molecule has 0 heterocycles. The van der Waals surface area contributed by atoms with Crippen molar-refractivity contribution in [2.45, 2.75) is 20.0 Å². The van der Waals surface area contributed by atoms with Crippen molar-refractivity contribution in [1.29, 1.82) is 0 Å². The first-order valence-electron chi connectivity index (χ1n) is 8.10. The van der Waals surface area contributed by atoms with Crippen LogP contribution in [0.25, 0.3) is 0 Å². The first-order chi connectivity index (χ1) is 11.6. The molecule has 0 bridgehead atoms. The van der Waals surface area contributed by atoms with Crippen LogP contribution in [-0.4, -0.2) is 6.10 Å². The number of hydrogen-bond donors (Lipinski definition) is 0. The van der Waals surface area contributed by atoms with Gasteiger partial charge in [-0.1, -0.05) is 72.8 Å². The summed E-state index contributed by atoms with van der Waals surface area (Å²) in [7, 11) is -3.00. The summed E-state index contributed by atoms with van der Waals surface area (Å²) in [6, 6.07) is 27.0. The molecule has 0 aliphatic carbocycles. The zero-order valence-electron chi connectivity index (χ0n) is 13.9. The zero-order chi connectivity index (χ0) is 17.0. The van der Waals surface area contributed by atoms with Crippen LogP contribution in [0.1, 0.15) is 13.8 Å². The average molecular weight is 336 g/mol. The Labute approximate surface area is 143 Å². The van der Waals surface area contributed by atoms with Crippen LogP contribution in [0.4, 0.5) is 0 Å². The molecule has 3 aromatic carbocycles. The molecule has 3 rings (SSSR count). The fourth-order valence-electron chi connectivity index (χ4n) is 2.77. The number of benzene rings is 3. The fourth-order valence-corrected chi connectivity index (χ4v) is 5.55. The highest BCUT2D eigenvalue weighted by molar-refractivity contribution is 7.85. The zero-order valence-corrected chi connectivity index (χ0v) is 14.8. The van der Waals surface area contributed by atoms with Gasteiger partial charge in [-0.25, -0.2) is 0 Å². The first kappa shape index (κ1) is 16.5. The Bertz CT molecular complexity index is 798. The van der Waals surface area contributed by atoms with Gasteiger partial charge in [-0.3, -0.25) is 0 Å². The normalized spacial score (nSPS) is 11.5. The molecular formula is C21H21O2P. The van der Waals surface area contributed by atoms with E-state index in [0.717, 1.165) is 15.9 Å². The van der Waals surface area contributed by atoms with Crippen LogP contribution < -0.4 is 20.7 Å². The average Bonchev–Trinajstić information content (AvgIpc) is 2.62. The lowest BCUT2D eigenvalue weighted by atomic mass is 10.3. The van der Waals surface area contributed by atoms with Gasteiger partial charge in [0.15, 0.2) is 7.14 Å². The highest BCUT2D eigenvalue weighted by atomic mass is 31.2. The highest BCUT2D eigenvalue weighted by Gasteiger charge is 2.32. The lowest BCUT2D eigenvalue weighted by Gasteiger charge is -2.23. The van der Waals surface area contributed by atoms with Gasteiger partial charge in [0.2, 0.25) is 0 Å². The molecule has 3 heteroatoms. The highest BCUT2D eigenvalue weighted by Crippen LogP contribution is 2.45. The number of ether oxygens (including phenoxy) is 1. The Hall–Kier alpha value is -2.31. The molecule has 0 amide bonds. The molecule has 0 aliphatic rings. The summed E-state index contributed by atoms with van der Waals surface area (Å²) >= 11 is 0. The smallest absolute Gasteiger partial charge is 0.174 e. The maximum atomic E-state index is 14.3. The number of para-hydroxylation sites is 1. The van der Waals surface area contributed by atoms with Crippen LogP contribution >= 0.6 is 7.14 Å². The van der Waals surface area contributed by atoms with E-state index >= 15 is 0 Å². The standard InChI is InChI=1S/C21H21O2P/c1-17(2)23-20-15-9-10-16-21(20)24(22,18-11-5-3-6-12-18)19-13-7-4-8-14-19/h3-17H,1-2H3. The lowest BCUT2D eigenvalue weighted by Crippen LogP contribution is -2.27. The van der Waals surface area contributed by atoms with Crippen molar-refractivity contribution >= 4 is 23.1 Å². The summed E-state index contributed by atoms with van der Waals surface area (Å²) in [6.45, 7) is 3.96. The number of rotatable bonds is 5. The van der Waals surface area contributed by atoms with Gasteiger partial charge in [-0.2, -0.15) is 0 Å². The van der Waals surface area contributed by atoms with Crippen LogP contribution in [0.5, 0.6) is 5.75 Å². The molecule has 0 atom stereocenters. The summed E-state index contributed by atoms with van der Waals surface area (Å²) in [4.78, 5) is 0. The third kappa shape index (κ3) is 3.16. The SMILES string of the molecule is CC(C)Oc1ccccc1P(=O)(c1ccccc1)c1ccccc1. The molecule has 24 heavy (non-hydrogen) atoms. The van der Waals surface area contributed by atoms with Crippen LogP contribution in [0.3, 0.4) is 0 Å². The quantitative estimate of drug-likeness (QED) is 0.655. The van der Waals surface area contributed by atoms with Gasteiger partial charge >= 0.3 is 0 Å². The molecule has 0 spiro atoms. The summed E-state index contributed by atoms with van der Waals surface area (Å²) < 4.78 is 20.3. The molecule has 0 N–H and O–H groups in total. The van der Waals surface area contributed by atoms with E-state index in [1.807, 2.05) is 98.8 Å². The Morgan fingerprint density at radius 3 is 1.67 bits per heavy atom. The van der Waals surface area contributed by atoms with E-state index in [-0.39, 0.29) is 6.10 Å². The summed E-state index contributed by atoms with van der Waals surface area (Å²) in [5.74, 6) is 0.684. The van der Waals surface area contributed by atoms with Crippen LogP contribution in [0.2, 0.25) is 0 Å². The maximum absolute atomic E-state index is 14.3. The maximum Gasteiger partial charge on any atom is 0.174 e. The van der Waals surface area contributed by atoms with Crippen molar-refractivity contribution in [3.8, 4) is 5.75 Å². The van der Waals surface area contributed by atoms with E-state index in [4.69, 9.17) is 4.74 Å². The second-order valence-electron chi connectivity index (χ2n) is 5.91. The summed E-state index contributed by atoms with van der Waals surface area (Å²) in [5, 5.41) is 2.38. The third-order valence-corrected chi connectivity index (χ3v) is 6.91. The largest absolute Gasteiger partial charge is 0.490 e. The molecule has 122 valence electrons. The summed E-state index contributed by atoms with van der Waals surface area (Å²) in [6.07, 6.45) is 0.0196. The molecule has 0 saturated carbocycles. The van der Waals surface area contributed by atoms with Crippen molar-refractivity contribution in [2.75, 3.05) is 0 Å². The van der Waals surface area contributed by atoms with Crippen molar-refractivity contribution in [1.82, 2.24) is 0 Å². The van der Waals surface area contributed by atoms with Crippen LogP contribution in [0, 0.1) is 0 Å². The second kappa shape index (κ2) is 7.07. The van der Waals surface area contributed by atoms with E-state index in [1.165, 1.54) is 0 Å². The van der Waals surface area contributed by atoms with Gasteiger partial charge in [0, 0.05) is 10.6 Å². The molecular weight excluding hydrogens is 315 g/mol. The van der Waals surface area contributed by atoms with E-state index in [9.17, 15) is 4.57 Å². The first-order valence-corrected chi connectivity index (χ1v) is 9.80. The third-order valence-electron chi connectivity index (χ3n) is 3.81. The van der Waals surface area contributed by atoms with Gasteiger partial charge in [0.05, 0.1) is 11.4 Å². The summed E-state index contributed by atoms with van der Waals surface area (Å²) in [5.41, 5.74) is 0. The predicted octanol–water partition coefficient (Wildman–Crippen LogP) is 4.11. The molecule has 0 fully saturated rings. The molecule has 0 aliphatic heterocycles. The molecule has 0 unspecified atom stereocenters. The van der Waals surface area contributed by atoms with E-state index in [2.05, 4.69) is 0 Å². The monoisotopic (exact) mass is 336 g/mol. The molecule has 0 saturated heterocycles. The van der Waals surface area contributed by atoms with Gasteiger partial charge in [0.1, 0.15) is 5.75 Å². The van der Waals surface area contributed by atoms with Gasteiger partial charge < -0.3 is 9.30 Å². The Kier molecular flexibility index (Phi) is 4.87. The predicted molar refractivity (Wildman–Crippen MR) is 102 cm³/mol. The fraction of sp³-hybridized carbons (Fsp3) is 0.143. The molecule has 2 nitrogen and oxygen atoms in total. The molecule has 3 aromatic rings. The van der Waals surface area contributed by atoms with Crippen LogP contribution in [-0.2, 0) is 4.57 Å². The minimum atomic E-state index is -3.00. The van der Waals surface area contributed by atoms with Gasteiger partial charge in [0.25, 0.3) is 0 Å². The minimum absolute atomic E-state index is 0.0196. The van der Waals surface area contributed by atoms with Crippen molar-refractivity contribution in [2.24, 2.45) is 0 Å². The minimum Gasteiger partial charge on any atom is -0.490 e. The van der Waals surface area contributed by atoms with E-state index in [1.54, 1.807) is 0 Å². The van der Waals surface area contributed by atoms with E-state index < -0.39 is 7.14 Å². The van der Waals surface area contributed by atoms with Crippen LogP contribution in [0.15, 0.2) is 84.9 Å². The topological polar surface area (TPSA) is 26.3 Å². The van der Waals surface area contributed by atoms with Crippen molar-refractivity contribution in [3.63, 3.8) is 0 Å². The Morgan fingerprint density at radius 2 is 1.17 bits per heavy atom. The Morgan fingerprint density at radius 1 is 0.708 bits per heavy atom. The lowest BCUT2D eigenvalue weighted by molar-refractivity contribution is 0.244. The van der Waals surface area contributed by atoms with Gasteiger partial charge in [-0.15, -0.1) is 0 Å². The van der Waals surface area contributed by atoms with Gasteiger partial charge in [-0.05, 0) is 26.0 Å². The second-order valence-corrected chi connectivity index (χ2v) is 8.65. The van der Waals surface area contributed by atoms with E-state index in [0.29, 0.717) is 5.75 Å². The Balaban J connectivity index is 2.27.